The van der Waals surface area contributed by atoms with Crippen LogP contribution in [0.3, 0.4) is 0 Å². The van der Waals surface area contributed by atoms with Gasteiger partial charge in [-0.1, -0.05) is 60.2 Å². The number of benzene rings is 3. The van der Waals surface area contributed by atoms with Crippen LogP contribution in [0, 0.1) is 18.3 Å². The third-order valence-corrected chi connectivity index (χ3v) is 4.44. The molecular weight excluding hydrogens is 334 g/mol. The predicted molar refractivity (Wildman–Crippen MR) is 109 cm³/mol. The topological polar surface area (TPSA) is 42.2 Å². The highest BCUT2D eigenvalue weighted by atomic mass is 16.5. The highest BCUT2D eigenvalue weighted by Crippen LogP contribution is 2.38. The van der Waals surface area contributed by atoms with Crippen LogP contribution >= 0.6 is 0 Å². The van der Waals surface area contributed by atoms with Crippen molar-refractivity contribution in [2.45, 2.75) is 6.92 Å². The summed E-state index contributed by atoms with van der Waals surface area (Å²) in [5.41, 5.74) is 5.27. The Morgan fingerprint density at radius 2 is 1.52 bits per heavy atom. The van der Waals surface area contributed by atoms with Crippen molar-refractivity contribution in [1.29, 1.82) is 5.26 Å². The summed E-state index contributed by atoms with van der Waals surface area (Å²) in [5.74, 6) is 1.37. The van der Waals surface area contributed by atoms with Crippen molar-refractivity contribution >= 4 is 11.1 Å². The molecule has 3 nitrogen and oxygen atoms in total. The molecule has 0 radical (unpaired) electrons. The summed E-state index contributed by atoms with van der Waals surface area (Å²) in [5, 5.41) is 10.0. The zero-order valence-electron chi connectivity index (χ0n) is 15.7. The van der Waals surface area contributed by atoms with E-state index in [0.717, 1.165) is 27.8 Å². The van der Waals surface area contributed by atoms with Crippen molar-refractivity contribution in [1.82, 2.24) is 0 Å². The van der Waals surface area contributed by atoms with E-state index in [2.05, 4.69) is 6.07 Å². The number of methoxy groups -OCH3 is 2. The molecule has 27 heavy (non-hydrogen) atoms. The lowest BCUT2D eigenvalue weighted by molar-refractivity contribution is 0.393. The minimum absolute atomic E-state index is 0.602. The molecule has 3 heteroatoms. The summed E-state index contributed by atoms with van der Waals surface area (Å²) in [6, 6.07) is 26.0. The van der Waals surface area contributed by atoms with Crippen molar-refractivity contribution in [3.05, 3.63) is 95.1 Å². The number of nitriles is 1. The Balaban J connectivity index is 2.33. The van der Waals surface area contributed by atoms with E-state index in [-0.39, 0.29) is 0 Å². The molecule has 0 N–H and O–H groups in total. The van der Waals surface area contributed by atoms with Crippen LogP contribution in [0.25, 0.3) is 11.1 Å². The van der Waals surface area contributed by atoms with E-state index in [1.165, 1.54) is 0 Å². The van der Waals surface area contributed by atoms with Crippen LogP contribution in [0.1, 0.15) is 22.3 Å². The number of nitrogens with zero attached hydrogens (tertiary/aromatic N) is 1. The lowest BCUT2D eigenvalue weighted by Gasteiger charge is -2.16. The largest absolute Gasteiger partial charge is 0.497 e. The zero-order valence-corrected chi connectivity index (χ0v) is 15.7. The normalized spacial score (nSPS) is 11.3. The Morgan fingerprint density at radius 1 is 0.815 bits per heavy atom. The monoisotopic (exact) mass is 355 g/mol. The fraction of sp³-hybridized carbons (Fsp3) is 0.125. The first-order chi connectivity index (χ1) is 13.2. The van der Waals surface area contributed by atoms with Gasteiger partial charge < -0.3 is 9.47 Å². The van der Waals surface area contributed by atoms with E-state index in [4.69, 9.17) is 9.47 Å². The van der Waals surface area contributed by atoms with E-state index in [9.17, 15) is 5.26 Å². The van der Waals surface area contributed by atoms with Gasteiger partial charge >= 0.3 is 0 Å². The first-order valence-corrected chi connectivity index (χ1v) is 8.67. The van der Waals surface area contributed by atoms with Gasteiger partial charge in [0, 0.05) is 17.2 Å². The Morgan fingerprint density at radius 3 is 2.11 bits per heavy atom. The summed E-state index contributed by atoms with van der Waals surface area (Å²) in [7, 11) is 3.24. The Labute approximate surface area is 160 Å². The lowest BCUT2D eigenvalue weighted by atomic mass is 9.89. The quantitative estimate of drug-likeness (QED) is 0.448. The van der Waals surface area contributed by atoms with Crippen LogP contribution in [0.4, 0.5) is 0 Å². The molecule has 0 saturated heterocycles. The van der Waals surface area contributed by atoms with Gasteiger partial charge in [-0.15, -0.1) is 0 Å². The average Bonchev–Trinajstić information content (AvgIpc) is 2.73. The highest BCUT2D eigenvalue weighted by molar-refractivity contribution is 6.04. The third-order valence-electron chi connectivity index (χ3n) is 4.44. The van der Waals surface area contributed by atoms with Gasteiger partial charge in [0.1, 0.15) is 17.6 Å². The van der Waals surface area contributed by atoms with Crippen molar-refractivity contribution in [3.63, 3.8) is 0 Å². The van der Waals surface area contributed by atoms with E-state index in [1.54, 1.807) is 14.2 Å². The summed E-state index contributed by atoms with van der Waals surface area (Å²) < 4.78 is 10.9. The Hall–Kier alpha value is -3.51. The molecule has 0 saturated carbocycles. The number of ether oxygens (including phenoxy) is 2. The van der Waals surface area contributed by atoms with Gasteiger partial charge in [0.25, 0.3) is 0 Å². The molecule has 0 spiro atoms. The molecule has 0 amide bonds. The fourth-order valence-corrected chi connectivity index (χ4v) is 3.03. The second-order valence-corrected chi connectivity index (χ2v) is 6.16. The molecule has 3 aromatic carbocycles. The fourth-order valence-electron chi connectivity index (χ4n) is 3.03. The van der Waals surface area contributed by atoms with Gasteiger partial charge in [0.2, 0.25) is 0 Å². The predicted octanol–water partition coefficient (Wildman–Crippen LogP) is 5.49. The molecule has 3 rings (SSSR count). The molecule has 0 aliphatic heterocycles. The number of allylic oxidation sites excluding steroid dienone is 1. The first kappa shape index (κ1) is 18.3. The molecule has 0 fully saturated rings. The molecule has 134 valence electrons. The minimum Gasteiger partial charge on any atom is -0.497 e. The molecule has 3 aromatic rings. The van der Waals surface area contributed by atoms with Crippen LogP contribution in [0.5, 0.6) is 11.5 Å². The zero-order chi connectivity index (χ0) is 19.2. The number of hydrogen-bond acceptors (Lipinski definition) is 3. The molecule has 0 atom stereocenters. The number of aryl methyl sites for hydroxylation is 1. The number of hydrogen-bond donors (Lipinski definition) is 0. The average molecular weight is 355 g/mol. The summed E-state index contributed by atoms with van der Waals surface area (Å²) in [6.07, 6.45) is 0. The Bertz CT molecular complexity index is 997. The minimum atomic E-state index is 0.602. The maximum absolute atomic E-state index is 10.0. The summed E-state index contributed by atoms with van der Waals surface area (Å²) in [4.78, 5) is 0. The van der Waals surface area contributed by atoms with Crippen LogP contribution in [0.2, 0.25) is 0 Å². The van der Waals surface area contributed by atoms with E-state index >= 15 is 0 Å². The van der Waals surface area contributed by atoms with E-state index < -0.39 is 0 Å². The standard InChI is InChI=1S/C24H21NO2/c1-17-9-11-18(12-10-17)22(16-25)24(19-7-5-4-6-8-19)21-14-13-20(26-2)15-23(21)27-3/h4-15H,1-3H3/b24-22+. The summed E-state index contributed by atoms with van der Waals surface area (Å²) in [6.45, 7) is 2.03. The SMILES string of the molecule is COc1ccc(/C(=C(\C#N)c2ccc(C)cc2)c2ccccc2)c(OC)c1. The molecule has 0 aliphatic carbocycles. The van der Waals surface area contributed by atoms with E-state index in [0.29, 0.717) is 17.1 Å². The smallest absolute Gasteiger partial charge is 0.130 e. The van der Waals surface area contributed by atoms with Crippen molar-refractivity contribution < 1.29 is 9.47 Å². The second-order valence-electron chi connectivity index (χ2n) is 6.16. The van der Waals surface area contributed by atoms with E-state index in [1.807, 2.05) is 79.7 Å². The van der Waals surface area contributed by atoms with Crippen molar-refractivity contribution in [2.75, 3.05) is 14.2 Å². The highest BCUT2D eigenvalue weighted by Gasteiger charge is 2.18. The molecule has 0 bridgehead atoms. The van der Waals surface area contributed by atoms with Crippen LogP contribution in [-0.4, -0.2) is 14.2 Å². The third kappa shape index (κ3) is 3.86. The van der Waals surface area contributed by atoms with Gasteiger partial charge in [-0.2, -0.15) is 5.26 Å². The molecule has 0 aliphatic rings. The summed E-state index contributed by atoms with van der Waals surface area (Å²) >= 11 is 0. The molecule has 0 unspecified atom stereocenters. The van der Waals surface area contributed by atoms with Gasteiger partial charge in [0.05, 0.1) is 19.8 Å². The molecular formula is C24H21NO2. The molecule has 0 aromatic heterocycles. The van der Waals surface area contributed by atoms with Crippen LogP contribution < -0.4 is 9.47 Å². The van der Waals surface area contributed by atoms with Crippen molar-refractivity contribution in [3.8, 4) is 17.6 Å². The van der Waals surface area contributed by atoms with Gasteiger partial charge in [0.15, 0.2) is 0 Å². The van der Waals surface area contributed by atoms with Crippen molar-refractivity contribution in [2.24, 2.45) is 0 Å². The van der Waals surface area contributed by atoms with Gasteiger partial charge in [-0.05, 0) is 30.2 Å². The second kappa shape index (κ2) is 8.25. The maximum atomic E-state index is 10.0. The molecule has 0 heterocycles. The van der Waals surface area contributed by atoms with Crippen LogP contribution in [0.15, 0.2) is 72.8 Å². The van der Waals surface area contributed by atoms with Gasteiger partial charge in [-0.3, -0.25) is 0 Å². The lowest BCUT2D eigenvalue weighted by Crippen LogP contribution is -1.98. The van der Waals surface area contributed by atoms with Crippen LogP contribution in [-0.2, 0) is 0 Å². The maximum Gasteiger partial charge on any atom is 0.130 e. The number of rotatable bonds is 5. The Kier molecular flexibility index (Phi) is 5.58. The van der Waals surface area contributed by atoms with Gasteiger partial charge in [-0.25, -0.2) is 0 Å². The first-order valence-electron chi connectivity index (χ1n) is 8.67.